The van der Waals surface area contributed by atoms with E-state index in [1.54, 1.807) is 0 Å². The molecule has 1 fully saturated rings. The van der Waals surface area contributed by atoms with E-state index in [1.807, 2.05) is 12.1 Å². The van der Waals surface area contributed by atoms with E-state index in [4.69, 9.17) is 0 Å². The van der Waals surface area contributed by atoms with Crippen molar-refractivity contribution in [3.63, 3.8) is 0 Å². The highest BCUT2D eigenvalue weighted by molar-refractivity contribution is 5.64. The molecule has 0 aliphatic heterocycles. The first-order valence-corrected chi connectivity index (χ1v) is 8.99. The van der Waals surface area contributed by atoms with Crippen LogP contribution in [0.2, 0.25) is 0 Å². The minimum absolute atomic E-state index is 0.533. The van der Waals surface area contributed by atoms with E-state index in [-0.39, 0.29) is 0 Å². The first kappa shape index (κ1) is 19.6. The van der Waals surface area contributed by atoms with Crippen molar-refractivity contribution in [1.82, 2.24) is 0 Å². The Bertz CT molecular complexity index is 742. The van der Waals surface area contributed by atoms with Crippen molar-refractivity contribution in [2.45, 2.75) is 50.8 Å². The van der Waals surface area contributed by atoms with Gasteiger partial charge in [-0.15, -0.1) is 0 Å². The summed E-state index contributed by atoms with van der Waals surface area (Å²) in [4.78, 5) is 0. The second-order valence-corrected chi connectivity index (χ2v) is 7.22. The Morgan fingerprint density at radius 2 is 1.22 bits per heavy atom. The number of halogens is 5. The molecule has 0 radical (unpaired) electrons. The van der Waals surface area contributed by atoms with Crippen molar-refractivity contribution >= 4 is 0 Å². The van der Waals surface area contributed by atoms with E-state index in [0.29, 0.717) is 5.92 Å². The summed E-state index contributed by atoms with van der Waals surface area (Å²) in [5.41, 5.74) is 2.88. The normalized spacial score (nSPS) is 21.1. The lowest BCUT2D eigenvalue weighted by Gasteiger charge is -2.26. The molecular formula is C21H21F5O. The molecule has 0 heterocycles. The van der Waals surface area contributed by atoms with Gasteiger partial charge >= 0.3 is 12.3 Å². The predicted octanol–water partition coefficient (Wildman–Crippen LogP) is 7.18. The highest BCUT2D eigenvalue weighted by atomic mass is 19.4. The molecule has 2 aromatic rings. The largest absolute Gasteiger partial charge is 0.499 e. The molecule has 1 aliphatic rings. The molecule has 0 amide bonds. The van der Waals surface area contributed by atoms with Crippen molar-refractivity contribution in [3.8, 4) is 16.9 Å². The van der Waals surface area contributed by atoms with E-state index in [2.05, 4.69) is 23.8 Å². The summed E-state index contributed by atoms with van der Waals surface area (Å²) in [5.74, 6) is 0.815. The molecule has 2 aromatic carbocycles. The highest BCUT2D eigenvalue weighted by Gasteiger charge is 2.61. The Morgan fingerprint density at radius 3 is 1.70 bits per heavy atom. The monoisotopic (exact) mass is 384 g/mol. The minimum Gasteiger partial charge on any atom is -0.426 e. The molecule has 0 bridgehead atoms. The van der Waals surface area contributed by atoms with Crippen molar-refractivity contribution in [1.29, 1.82) is 0 Å². The van der Waals surface area contributed by atoms with Gasteiger partial charge in [-0.2, -0.15) is 22.0 Å². The number of hydrogen-bond acceptors (Lipinski definition) is 1. The molecule has 0 spiro atoms. The van der Waals surface area contributed by atoms with Crippen LogP contribution in [0.1, 0.15) is 44.1 Å². The van der Waals surface area contributed by atoms with Crippen LogP contribution < -0.4 is 4.74 Å². The topological polar surface area (TPSA) is 9.23 Å². The van der Waals surface area contributed by atoms with Crippen molar-refractivity contribution in [3.05, 3.63) is 54.1 Å². The lowest BCUT2D eigenvalue weighted by Crippen LogP contribution is -2.41. The predicted molar refractivity (Wildman–Crippen MR) is 93.9 cm³/mol. The van der Waals surface area contributed by atoms with Gasteiger partial charge in [-0.1, -0.05) is 56.2 Å². The maximum absolute atomic E-state index is 12.9. The zero-order valence-electron chi connectivity index (χ0n) is 14.9. The molecule has 3 rings (SSSR count). The third-order valence-electron chi connectivity index (χ3n) is 5.16. The first-order valence-electron chi connectivity index (χ1n) is 8.99. The second-order valence-electron chi connectivity index (χ2n) is 7.22. The molecule has 0 atom stereocenters. The number of hydrogen-bond donors (Lipinski definition) is 0. The summed E-state index contributed by atoms with van der Waals surface area (Å²) in [6, 6.07) is 13.2. The maximum Gasteiger partial charge on any atom is 0.499 e. The SMILES string of the molecule is CC1CCC(c2ccc(-c3ccc(OC(F)(F)C(F)(F)F)cc3)cc2)CC1. The molecule has 1 saturated carbocycles. The first-order chi connectivity index (χ1) is 12.7. The smallest absolute Gasteiger partial charge is 0.426 e. The van der Waals surface area contributed by atoms with Crippen LogP contribution in [0.5, 0.6) is 5.75 Å². The summed E-state index contributed by atoms with van der Waals surface area (Å²) in [7, 11) is 0. The highest BCUT2D eigenvalue weighted by Crippen LogP contribution is 2.38. The summed E-state index contributed by atoms with van der Waals surface area (Å²) in [5, 5.41) is 0. The van der Waals surface area contributed by atoms with Gasteiger partial charge in [0.2, 0.25) is 0 Å². The Labute approximate surface area is 155 Å². The fourth-order valence-corrected chi connectivity index (χ4v) is 3.46. The van der Waals surface area contributed by atoms with Gasteiger partial charge in [-0.05, 0) is 53.5 Å². The van der Waals surface area contributed by atoms with Crippen molar-refractivity contribution in [2.24, 2.45) is 5.92 Å². The average molecular weight is 384 g/mol. The van der Waals surface area contributed by atoms with E-state index >= 15 is 0 Å². The van der Waals surface area contributed by atoms with E-state index in [9.17, 15) is 22.0 Å². The van der Waals surface area contributed by atoms with Crippen LogP contribution in [0.25, 0.3) is 11.1 Å². The van der Waals surface area contributed by atoms with E-state index in [0.717, 1.165) is 29.2 Å². The molecule has 0 N–H and O–H groups in total. The van der Waals surface area contributed by atoms with Gasteiger partial charge in [0.1, 0.15) is 5.75 Å². The van der Waals surface area contributed by atoms with Crippen LogP contribution in [0.3, 0.4) is 0 Å². The zero-order chi connectivity index (χ0) is 19.7. The van der Waals surface area contributed by atoms with E-state index in [1.165, 1.54) is 43.4 Å². The quantitative estimate of drug-likeness (QED) is 0.507. The van der Waals surface area contributed by atoms with Crippen molar-refractivity contribution in [2.75, 3.05) is 0 Å². The molecule has 1 aliphatic carbocycles. The summed E-state index contributed by atoms with van der Waals surface area (Å²) in [6.45, 7) is 2.28. The third kappa shape index (κ3) is 4.60. The molecule has 27 heavy (non-hydrogen) atoms. The van der Waals surface area contributed by atoms with Gasteiger partial charge in [0, 0.05) is 0 Å². The lowest BCUT2D eigenvalue weighted by molar-refractivity contribution is -0.360. The molecule has 0 aromatic heterocycles. The molecular weight excluding hydrogens is 363 g/mol. The van der Waals surface area contributed by atoms with Gasteiger partial charge in [0.25, 0.3) is 0 Å². The fraction of sp³-hybridized carbons (Fsp3) is 0.429. The van der Waals surface area contributed by atoms with Crippen LogP contribution in [-0.4, -0.2) is 12.3 Å². The van der Waals surface area contributed by atoms with Gasteiger partial charge < -0.3 is 4.74 Å². The molecule has 0 unspecified atom stereocenters. The number of benzene rings is 2. The third-order valence-corrected chi connectivity index (χ3v) is 5.16. The minimum atomic E-state index is -5.75. The Morgan fingerprint density at radius 1 is 0.741 bits per heavy atom. The van der Waals surface area contributed by atoms with Crippen LogP contribution in [0, 0.1) is 5.92 Å². The maximum atomic E-state index is 12.9. The summed E-state index contributed by atoms with van der Waals surface area (Å²) >= 11 is 0. The fourth-order valence-electron chi connectivity index (χ4n) is 3.46. The Balaban J connectivity index is 1.68. The van der Waals surface area contributed by atoms with Gasteiger partial charge in [-0.3, -0.25) is 0 Å². The Kier molecular flexibility index (Phi) is 5.45. The summed E-state index contributed by atoms with van der Waals surface area (Å²) < 4.78 is 66.3. The van der Waals surface area contributed by atoms with Crippen LogP contribution in [0.15, 0.2) is 48.5 Å². The number of alkyl halides is 5. The van der Waals surface area contributed by atoms with Gasteiger partial charge in [0.15, 0.2) is 0 Å². The van der Waals surface area contributed by atoms with Gasteiger partial charge in [-0.25, -0.2) is 0 Å². The number of ether oxygens (including phenoxy) is 1. The van der Waals surface area contributed by atoms with Crippen LogP contribution >= 0.6 is 0 Å². The number of rotatable bonds is 4. The van der Waals surface area contributed by atoms with Crippen LogP contribution in [-0.2, 0) is 0 Å². The van der Waals surface area contributed by atoms with Crippen LogP contribution in [0.4, 0.5) is 22.0 Å². The van der Waals surface area contributed by atoms with Gasteiger partial charge in [0.05, 0.1) is 0 Å². The zero-order valence-corrected chi connectivity index (χ0v) is 14.9. The molecule has 1 nitrogen and oxygen atoms in total. The lowest BCUT2D eigenvalue weighted by atomic mass is 9.79. The molecule has 146 valence electrons. The second kappa shape index (κ2) is 7.49. The standard InChI is InChI=1S/C21H21F5O/c1-14-2-4-15(5-3-14)16-6-8-17(9-7-16)18-10-12-19(13-11-18)27-21(25,26)20(22,23)24/h6-15H,2-5H2,1H3. The molecule has 6 heteroatoms. The summed E-state index contributed by atoms with van der Waals surface area (Å²) in [6.07, 6.45) is -6.14. The molecule has 0 saturated heterocycles. The van der Waals surface area contributed by atoms with E-state index < -0.39 is 18.0 Å². The van der Waals surface area contributed by atoms with Crippen molar-refractivity contribution < 1.29 is 26.7 Å². The Hall–Kier alpha value is -2.11. The average Bonchev–Trinajstić information content (AvgIpc) is 2.62.